The van der Waals surface area contributed by atoms with Crippen molar-refractivity contribution in [2.24, 2.45) is 0 Å². The number of benzene rings is 2. The summed E-state index contributed by atoms with van der Waals surface area (Å²) in [4.78, 5) is 50.8. The lowest BCUT2D eigenvalue weighted by Crippen LogP contribution is -2.47. The number of nitrogens with one attached hydrogen (secondary N) is 1. The molecule has 13 heteroatoms. The molecular formula is C25H23FN2O10. The Kier molecular flexibility index (Phi) is 8.19. The van der Waals surface area contributed by atoms with Crippen LogP contribution in [0.5, 0.6) is 0 Å². The quantitative estimate of drug-likeness (QED) is 0.414. The van der Waals surface area contributed by atoms with Gasteiger partial charge in [-0.05, 0) is 11.1 Å². The van der Waals surface area contributed by atoms with Crippen LogP contribution < -0.4 is 11.2 Å². The summed E-state index contributed by atoms with van der Waals surface area (Å²) in [6.45, 7) is -1.78. The molecule has 0 radical (unpaired) electrons. The zero-order chi connectivity index (χ0) is 27.1. The first-order valence-corrected chi connectivity index (χ1v) is 11.3. The molecule has 200 valence electrons. The van der Waals surface area contributed by atoms with Gasteiger partial charge in [0.2, 0.25) is 6.10 Å². The second kappa shape index (κ2) is 11.7. The minimum atomic E-state index is -3.13. The number of aliphatic hydroxyl groups excluding tert-OH is 1. The Morgan fingerprint density at radius 3 is 2.00 bits per heavy atom. The maximum Gasteiger partial charge on any atom is 0.509 e. The van der Waals surface area contributed by atoms with Crippen LogP contribution in [0.4, 0.5) is 14.0 Å². The molecule has 1 aliphatic rings. The zero-order valence-corrected chi connectivity index (χ0v) is 19.7. The number of halogens is 1. The highest BCUT2D eigenvalue weighted by atomic mass is 19.2. The van der Waals surface area contributed by atoms with Crippen LogP contribution in [0.25, 0.3) is 0 Å². The first-order valence-electron chi connectivity index (χ1n) is 11.3. The van der Waals surface area contributed by atoms with Gasteiger partial charge in [0.1, 0.15) is 19.8 Å². The van der Waals surface area contributed by atoms with E-state index in [1.54, 1.807) is 60.7 Å². The molecule has 0 bridgehead atoms. The van der Waals surface area contributed by atoms with E-state index in [-0.39, 0.29) is 13.2 Å². The predicted octanol–water partition coefficient (Wildman–Crippen LogP) is 2.17. The lowest BCUT2D eigenvalue weighted by Gasteiger charge is -2.25. The molecule has 1 aliphatic heterocycles. The fourth-order valence-electron chi connectivity index (χ4n) is 3.69. The number of nitrogens with zero attached hydrogens (tertiary/aromatic N) is 1. The van der Waals surface area contributed by atoms with Gasteiger partial charge in [-0.2, -0.15) is 0 Å². The van der Waals surface area contributed by atoms with E-state index in [0.717, 1.165) is 12.3 Å². The third kappa shape index (κ3) is 6.25. The van der Waals surface area contributed by atoms with E-state index in [0.29, 0.717) is 15.7 Å². The summed E-state index contributed by atoms with van der Waals surface area (Å²) in [6.07, 6.45) is -7.41. The number of aromatic amines is 1. The van der Waals surface area contributed by atoms with E-state index in [4.69, 9.17) is 23.7 Å². The van der Waals surface area contributed by atoms with Crippen LogP contribution in [0.2, 0.25) is 0 Å². The van der Waals surface area contributed by atoms with Crippen LogP contribution in [0.15, 0.2) is 82.5 Å². The van der Waals surface area contributed by atoms with Crippen molar-refractivity contribution in [2.45, 2.75) is 37.5 Å². The molecule has 0 amide bonds. The number of carbonyl (C=O) groups is 2. The van der Waals surface area contributed by atoms with Crippen molar-refractivity contribution in [1.82, 2.24) is 9.55 Å². The standard InChI is InChI=1S/C25H23FN2O10/c26-25(15-29)20(37-24(33)35-14-17-9-5-2-6-10-17)19(21(38-25)28-12-11-18(30)27-22(28)31)36-23(32)34-13-16-7-3-1-4-8-16/h1-12,19-21,29H,13-15H2,(H,27,30,31)/t19-,20+,21-,25-/m1/s1. The average Bonchev–Trinajstić information content (AvgIpc) is 3.18. The maximum atomic E-state index is 15.7. The van der Waals surface area contributed by atoms with Crippen molar-refractivity contribution in [3.8, 4) is 0 Å². The summed E-state index contributed by atoms with van der Waals surface area (Å²) in [7, 11) is 0. The molecule has 38 heavy (non-hydrogen) atoms. The first-order chi connectivity index (χ1) is 18.3. The van der Waals surface area contributed by atoms with Crippen molar-refractivity contribution in [2.75, 3.05) is 6.61 Å². The molecule has 4 rings (SSSR count). The predicted molar refractivity (Wildman–Crippen MR) is 125 cm³/mol. The Bertz CT molecular complexity index is 1360. The summed E-state index contributed by atoms with van der Waals surface area (Å²) >= 11 is 0. The molecule has 2 N–H and O–H groups in total. The topological polar surface area (TPSA) is 155 Å². The number of alkyl halides is 1. The molecule has 1 saturated heterocycles. The zero-order valence-electron chi connectivity index (χ0n) is 19.7. The smallest absolute Gasteiger partial charge is 0.429 e. The van der Waals surface area contributed by atoms with Crippen LogP contribution in [0.1, 0.15) is 17.4 Å². The fourth-order valence-corrected chi connectivity index (χ4v) is 3.69. The van der Waals surface area contributed by atoms with Gasteiger partial charge in [0.05, 0.1) is 0 Å². The van der Waals surface area contributed by atoms with Crippen LogP contribution in [-0.4, -0.2) is 51.6 Å². The Labute approximate surface area is 214 Å². The molecule has 2 heterocycles. The van der Waals surface area contributed by atoms with Crippen LogP contribution in [0.3, 0.4) is 0 Å². The van der Waals surface area contributed by atoms with Gasteiger partial charge in [0.15, 0.2) is 12.3 Å². The van der Waals surface area contributed by atoms with E-state index in [1.165, 1.54) is 0 Å². The highest BCUT2D eigenvalue weighted by Gasteiger charge is 2.62. The monoisotopic (exact) mass is 530 g/mol. The molecule has 3 aromatic rings. The van der Waals surface area contributed by atoms with Gasteiger partial charge in [0, 0.05) is 12.3 Å². The molecule has 2 aromatic carbocycles. The van der Waals surface area contributed by atoms with Gasteiger partial charge in [-0.3, -0.25) is 14.3 Å². The Balaban J connectivity index is 1.57. The highest BCUT2D eigenvalue weighted by Crippen LogP contribution is 2.41. The molecule has 1 fully saturated rings. The summed E-state index contributed by atoms with van der Waals surface area (Å²) in [5.41, 5.74) is -0.569. The minimum absolute atomic E-state index is 0.206. The molecule has 0 unspecified atom stereocenters. The number of ether oxygens (including phenoxy) is 5. The normalized spacial score (nSPS) is 22.4. The minimum Gasteiger partial charge on any atom is -0.429 e. The average molecular weight is 530 g/mol. The lowest BCUT2D eigenvalue weighted by molar-refractivity contribution is -0.210. The number of hydrogen-bond acceptors (Lipinski definition) is 10. The Hall–Kier alpha value is -4.49. The van der Waals surface area contributed by atoms with Gasteiger partial charge < -0.3 is 28.8 Å². The maximum absolute atomic E-state index is 15.7. The summed E-state index contributed by atoms with van der Waals surface area (Å²) < 4.78 is 42.0. The second-order valence-corrected chi connectivity index (χ2v) is 8.14. The molecule has 0 saturated carbocycles. The van der Waals surface area contributed by atoms with Crippen LogP contribution in [-0.2, 0) is 36.9 Å². The van der Waals surface area contributed by atoms with Crippen molar-refractivity contribution >= 4 is 12.3 Å². The van der Waals surface area contributed by atoms with E-state index in [2.05, 4.69) is 0 Å². The van der Waals surface area contributed by atoms with Crippen molar-refractivity contribution in [1.29, 1.82) is 0 Å². The van der Waals surface area contributed by atoms with E-state index >= 15 is 4.39 Å². The highest BCUT2D eigenvalue weighted by molar-refractivity contribution is 5.62. The SMILES string of the molecule is O=C(OCc1ccccc1)O[C@H]1[C@H](n2ccc(=O)[nH]c2=O)O[C@](F)(CO)[C@H]1OC(=O)OCc1ccccc1. The fraction of sp³-hybridized carbons (Fsp3) is 0.280. The molecule has 12 nitrogen and oxygen atoms in total. The van der Waals surface area contributed by atoms with Crippen LogP contribution in [0, 0.1) is 0 Å². The van der Waals surface area contributed by atoms with Gasteiger partial charge in [-0.15, -0.1) is 0 Å². The number of aromatic nitrogens is 2. The first kappa shape index (κ1) is 26.6. The lowest BCUT2D eigenvalue weighted by atomic mass is 10.1. The second-order valence-electron chi connectivity index (χ2n) is 8.14. The largest absolute Gasteiger partial charge is 0.509 e. The summed E-state index contributed by atoms with van der Waals surface area (Å²) in [5.74, 6) is -3.13. The molecule has 0 aliphatic carbocycles. The number of H-pyrrole nitrogens is 1. The number of aliphatic hydroxyl groups is 1. The summed E-state index contributed by atoms with van der Waals surface area (Å²) in [6, 6.07) is 18.0. The molecule has 4 atom stereocenters. The van der Waals surface area contributed by atoms with Crippen molar-refractivity contribution < 1.29 is 42.8 Å². The Morgan fingerprint density at radius 2 is 1.47 bits per heavy atom. The van der Waals surface area contributed by atoms with E-state index < -0.39 is 54.5 Å². The van der Waals surface area contributed by atoms with E-state index in [9.17, 15) is 24.3 Å². The number of rotatable bonds is 8. The Morgan fingerprint density at radius 1 is 0.921 bits per heavy atom. The third-order valence-electron chi connectivity index (χ3n) is 5.52. The van der Waals surface area contributed by atoms with Gasteiger partial charge >= 0.3 is 18.0 Å². The third-order valence-corrected chi connectivity index (χ3v) is 5.52. The number of carbonyl (C=O) groups excluding carboxylic acids is 2. The molecular weight excluding hydrogens is 507 g/mol. The van der Waals surface area contributed by atoms with Gasteiger partial charge in [-0.25, -0.2) is 18.8 Å². The van der Waals surface area contributed by atoms with Crippen LogP contribution >= 0.6 is 0 Å². The molecule has 1 aromatic heterocycles. The van der Waals surface area contributed by atoms with Gasteiger partial charge in [0.25, 0.3) is 11.4 Å². The van der Waals surface area contributed by atoms with Crippen molar-refractivity contribution in [3.05, 3.63) is 105 Å². The summed E-state index contributed by atoms with van der Waals surface area (Å²) in [5, 5.41) is 9.75. The number of hydrogen-bond donors (Lipinski definition) is 2. The van der Waals surface area contributed by atoms with Crippen molar-refractivity contribution in [3.63, 3.8) is 0 Å². The van der Waals surface area contributed by atoms with Gasteiger partial charge in [-0.1, -0.05) is 60.7 Å². The van der Waals surface area contributed by atoms with E-state index in [1.807, 2.05) is 4.98 Å². The molecule has 0 spiro atoms.